The topological polar surface area (TPSA) is 13.1 Å². The molecule has 0 saturated heterocycles. The maximum absolute atomic E-state index is 5.37. The van der Waals surface area contributed by atoms with Crippen LogP contribution in [0.25, 0.3) is 22.1 Å². The van der Waals surface area contributed by atoms with Crippen molar-refractivity contribution in [1.29, 1.82) is 0 Å². The smallest absolute Gasteiger partial charge is 0.134 e. The summed E-state index contributed by atoms with van der Waals surface area (Å²) >= 11 is 0. The zero-order valence-electron chi connectivity index (χ0n) is 8.10. The Hall–Kier alpha value is -2.02. The molecule has 0 atom stereocenters. The van der Waals surface area contributed by atoms with Gasteiger partial charge in [0.25, 0.3) is 0 Å². The lowest BCUT2D eigenvalue weighted by Gasteiger charge is -2.01. The van der Waals surface area contributed by atoms with Crippen LogP contribution in [-0.2, 0) is 0 Å². The van der Waals surface area contributed by atoms with E-state index in [0.717, 1.165) is 11.0 Å². The molecule has 15 heavy (non-hydrogen) atoms. The van der Waals surface area contributed by atoms with Gasteiger partial charge >= 0.3 is 0 Å². The number of benzene rings is 2. The van der Waals surface area contributed by atoms with E-state index >= 15 is 0 Å². The molecule has 0 bridgehead atoms. The second kappa shape index (κ2) is 3.28. The average molecular weight is 193 g/mol. The number of hydrogen-bond donors (Lipinski definition) is 0. The van der Waals surface area contributed by atoms with Gasteiger partial charge < -0.3 is 4.42 Å². The summed E-state index contributed by atoms with van der Waals surface area (Å²) in [6.07, 6.45) is 1.73. The molecule has 3 rings (SSSR count). The van der Waals surface area contributed by atoms with E-state index in [4.69, 9.17) is 4.42 Å². The van der Waals surface area contributed by atoms with Crippen molar-refractivity contribution < 1.29 is 4.42 Å². The highest BCUT2D eigenvalue weighted by Crippen LogP contribution is 2.28. The Morgan fingerprint density at radius 3 is 2.67 bits per heavy atom. The summed E-state index contributed by atoms with van der Waals surface area (Å²) in [7, 11) is 0. The van der Waals surface area contributed by atoms with E-state index in [0.29, 0.717) is 0 Å². The van der Waals surface area contributed by atoms with Crippen LogP contribution in [0.1, 0.15) is 0 Å². The number of fused-ring (bicyclic) bond motifs is 1. The van der Waals surface area contributed by atoms with Gasteiger partial charge in [-0.3, -0.25) is 0 Å². The minimum absolute atomic E-state index is 0.931. The molecule has 0 aliphatic carbocycles. The maximum atomic E-state index is 5.37. The van der Waals surface area contributed by atoms with Gasteiger partial charge in [0.1, 0.15) is 5.58 Å². The van der Waals surface area contributed by atoms with Gasteiger partial charge in [-0.2, -0.15) is 0 Å². The molecule has 0 unspecified atom stereocenters. The van der Waals surface area contributed by atoms with Crippen molar-refractivity contribution in [3.05, 3.63) is 60.9 Å². The zero-order chi connectivity index (χ0) is 10.1. The molecule has 0 fully saturated rings. The van der Waals surface area contributed by atoms with E-state index in [2.05, 4.69) is 24.3 Å². The van der Waals surface area contributed by atoms with Crippen LogP contribution in [0.2, 0.25) is 0 Å². The molecule has 2 aromatic carbocycles. The van der Waals surface area contributed by atoms with Crippen LogP contribution in [0.3, 0.4) is 0 Å². The molecule has 0 amide bonds. The van der Waals surface area contributed by atoms with Crippen LogP contribution in [0, 0.1) is 6.07 Å². The lowest BCUT2D eigenvalue weighted by Crippen LogP contribution is -1.77. The molecule has 71 valence electrons. The summed E-state index contributed by atoms with van der Waals surface area (Å²) in [6.45, 7) is 0. The Morgan fingerprint density at radius 2 is 1.80 bits per heavy atom. The molecule has 0 spiro atoms. The van der Waals surface area contributed by atoms with Crippen LogP contribution in [-0.4, -0.2) is 0 Å². The summed E-state index contributed by atoms with van der Waals surface area (Å²) in [4.78, 5) is 0. The molecular formula is C14H9O. The van der Waals surface area contributed by atoms with Crippen LogP contribution >= 0.6 is 0 Å². The number of furan rings is 1. The van der Waals surface area contributed by atoms with Crippen molar-refractivity contribution in [2.24, 2.45) is 0 Å². The van der Waals surface area contributed by atoms with Gasteiger partial charge in [-0.05, 0) is 29.3 Å². The first-order valence-corrected chi connectivity index (χ1v) is 4.88. The molecule has 0 aliphatic heterocycles. The standard InChI is InChI=1S/C14H9O/c1-2-5-11(6-3-1)12-7-4-8-14-13(12)9-10-15-14/h2-10H. The molecule has 0 saturated carbocycles. The maximum Gasteiger partial charge on any atom is 0.134 e. The third-order valence-corrected chi connectivity index (χ3v) is 2.53. The van der Waals surface area contributed by atoms with Gasteiger partial charge in [0.05, 0.1) is 6.26 Å². The second-order valence-electron chi connectivity index (χ2n) is 3.43. The Labute approximate surface area is 88.0 Å². The molecule has 1 aromatic heterocycles. The molecule has 1 radical (unpaired) electrons. The van der Waals surface area contributed by atoms with Crippen LogP contribution < -0.4 is 0 Å². The molecular weight excluding hydrogens is 184 g/mol. The highest BCUT2D eigenvalue weighted by molar-refractivity contribution is 5.93. The molecule has 0 aliphatic rings. The Morgan fingerprint density at radius 1 is 0.933 bits per heavy atom. The Kier molecular flexibility index (Phi) is 1.82. The monoisotopic (exact) mass is 193 g/mol. The van der Waals surface area contributed by atoms with Crippen LogP contribution in [0.4, 0.5) is 0 Å². The van der Waals surface area contributed by atoms with Crippen molar-refractivity contribution in [1.82, 2.24) is 0 Å². The van der Waals surface area contributed by atoms with Gasteiger partial charge in [0.15, 0.2) is 0 Å². The Bertz CT molecular complexity index is 578. The SMILES string of the molecule is [c]1ccc(-c2cccc3occc23)cc1. The molecule has 0 N–H and O–H groups in total. The number of hydrogen-bond acceptors (Lipinski definition) is 1. The second-order valence-corrected chi connectivity index (χ2v) is 3.43. The minimum atomic E-state index is 0.931. The summed E-state index contributed by atoms with van der Waals surface area (Å²) in [6, 6.07) is 19.1. The largest absolute Gasteiger partial charge is 0.464 e. The third-order valence-electron chi connectivity index (χ3n) is 2.53. The van der Waals surface area contributed by atoms with E-state index in [1.54, 1.807) is 6.26 Å². The summed E-state index contributed by atoms with van der Waals surface area (Å²) in [5.74, 6) is 0. The minimum Gasteiger partial charge on any atom is -0.464 e. The first-order valence-electron chi connectivity index (χ1n) is 4.88. The molecule has 3 aromatic rings. The van der Waals surface area contributed by atoms with Gasteiger partial charge in [0.2, 0.25) is 0 Å². The summed E-state index contributed by atoms with van der Waals surface area (Å²) in [5, 5.41) is 1.16. The van der Waals surface area contributed by atoms with Crippen molar-refractivity contribution in [2.45, 2.75) is 0 Å². The predicted molar refractivity (Wildman–Crippen MR) is 60.5 cm³/mol. The number of rotatable bonds is 1. The highest BCUT2D eigenvalue weighted by Gasteiger charge is 2.04. The fourth-order valence-corrected chi connectivity index (χ4v) is 1.81. The summed E-state index contributed by atoms with van der Waals surface area (Å²) < 4.78 is 5.37. The lowest BCUT2D eigenvalue weighted by atomic mass is 10.0. The fourth-order valence-electron chi connectivity index (χ4n) is 1.81. The normalized spacial score (nSPS) is 10.7. The van der Waals surface area contributed by atoms with Crippen molar-refractivity contribution in [3.8, 4) is 11.1 Å². The van der Waals surface area contributed by atoms with Crippen LogP contribution in [0.5, 0.6) is 0 Å². The zero-order valence-corrected chi connectivity index (χ0v) is 8.10. The quantitative estimate of drug-likeness (QED) is 0.571. The van der Waals surface area contributed by atoms with Crippen molar-refractivity contribution >= 4 is 11.0 Å². The highest BCUT2D eigenvalue weighted by atomic mass is 16.3. The first kappa shape index (κ1) is 8.30. The van der Waals surface area contributed by atoms with E-state index in [1.807, 2.05) is 30.3 Å². The Balaban J connectivity index is 2.31. The lowest BCUT2D eigenvalue weighted by molar-refractivity contribution is 0.616. The van der Waals surface area contributed by atoms with Gasteiger partial charge in [-0.15, -0.1) is 0 Å². The van der Waals surface area contributed by atoms with E-state index in [1.165, 1.54) is 11.1 Å². The predicted octanol–water partition coefficient (Wildman–Crippen LogP) is 3.90. The van der Waals surface area contributed by atoms with E-state index in [9.17, 15) is 0 Å². The van der Waals surface area contributed by atoms with E-state index < -0.39 is 0 Å². The summed E-state index contributed by atoms with van der Waals surface area (Å²) in [5.41, 5.74) is 3.33. The molecule has 1 nitrogen and oxygen atoms in total. The van der Waals surface area contributed by atoms with E-state index in [-0.39, 0.29) is 0 Å². The van der Waals surface area contributed by atoms with Crippen molar-refractivity contribution in [2.75, 3.05) is 0 Å². The molecule has 1 heterocycles. The van der Waals surface area contributed by atoms with Crippen molar-refractivity contribution in [3.63, 3.8) is 0 Å². The first-order chi connectivity index (χ1) is 7.45. The third kappa shape index (κ3) is 1.33. The van der Waals surface area contributed by atoms with Crippen LogP contribution in [0.15, 0.2) is 59.2 Å². The molecule has 1 heteroatoms. The van der Waals surface area contributed by atoms with Gasteiger partial charge in [0, 0.05) is 5.39 Å². The average Bonchev–Trinajstić information content (AvgIpc) is 2.78. The van der Waals surface area contributed by atoms with Gasteiger partial charge in [-0.1, -0.05) is 36.4 Å². The van der Waals surface area contributed by atoms with Gasteiger partial charge in [-0.25, -0.2) is 0 Å². The fraction of sp³-hybridized carbons (Fsp3) is 0.